The maximum atomic E-state index is 12.9. The van der Waals surface area contributed by atoms with Crippen LogP contribution in [0.2, 0.25) is 0 Å². The Labute approximate surface area is 177 Å². The fourth-order valence-corrected chi connectivity index (χ4v) is 3.76. The van der Waals surface area contributed by atoms with Gasteiger partial charge < -0.3 is 9.72 Å². The van der Waals surface area contributed by atoms with Crippen LogP contribution in [0.5, 0.6) is 0 Å². The van der Waals surface area contributed by atoms with Crippen LogP contribution >= 0.6 is 0 Å². The summed E-state index contributed by atoms with van der Waals surface area (Å²) in [7, 11) is 0. The molecule has 0 atom stereocenters. The van der Waals surface area contributed by atoms with E-state index < -0.39 is 0 Å². The molecule has 0 saturated carbocycles. The second kappa shape index (κ2) is 8.15. The third kappa shape index (κ3) is 4.13. The number of nitrogens with one attached hydrogen (secondary N) is 1. The van der Waals surface area contributed by atoms with E-state index in [2.05, 4.69) is 75.5 Å². The highest BCUT2D eigenvalue weighted by Gasteiger charge is 2.17. The lowest BCUT2D eigenvalue weighted by atomic mass is 10.1. The van der Waals surface area contributed by atoms with E-state index in [0.29, 0.717) is 6.54 Å². The molecule has 4 aromatic rings. The second-order valence-electron chi connectivity index (χ2n) is 8.09. The molecule has 30 heavy (non-hydrogen) atoms. The highest BCUT2D eigenvalue weighted by atomic mass is 16.1. The van der Waals surface area contributed by atoms with Gasteiger partial charge in [-0.2, -0.15) is 0 Å². The molecule has 0 bridgehead atoms. The molecule has 4 rings (SSSR count). The van der Waals surface area contributed by atoms with E-state index in [4.69, 9.17) is 4.98 Å². The summed E-state index contributed by atoms with van der Waals surface area (Å²) in [6.45, 7) is 8.81. The average Bonchev–Trinajstić information content (AvgIpc) is 3.05. The van der Waals surface area contributed by atoms with Gasteiger partial charge in [0, 0.05) is 18.3 Å². The minimum absolute atomic E-state index is 0.00774. The number of fused-ring (bicyclic) bond motifs is 1. The summed E-state index contributed by atoms with van der Waals surface area (Å²) in [4.78, 5) is 17.7. The van der Waals surface area contributed by atoms with Crippen LogP contribution < -0.4 is 5.32 Å². The topological polar surface area (TPSA) is 46.4 Å². The first-order valence-electron chi connectivity index (χ1n) is 10.3. The lowest BCUT2D eigenvalue weighted by Gasteiger charge is -2.10. The normalized spacial score (nSPS) is 11.1. The Bertz CT molecular complexity index is 1220. The molecular weight excluding hydrogens is 370 g/mol. The Morgan fingerprint density at radius 3 is 2.33 bits per heavy atom. The highest BCUT2D eigenvalue weighted by Crippen LogP contribution is 2.26. The van der Waals surface area contributed by atoms with Crippen LogP contribution in [0.4, 0.5) is 0 Å². The Balaban J connectivity index is 1.63. The highest BCUT2D eigenvalue weighted by molar-refractivity contribution is 5.81. The van der Waals surface area contributed by atoms with Crippen molar-refractivity contribution in [3.8, 4) is 11.3 Å². The summed E-state index contributed by atoms with van der Waals surface area (Å²) in [6.07, 6.45) is 2.32. The molecular formula is C26H27N3O. The quantitative estimate of drug-likeness (QED) is 0.510. The first kappa shape index (κ1) is 19.9. The fourth-order valence-electron chi connectivity index (χ4n) is 3.76. The summed E-state index contributed by atoms with van der Waals surface area (Å²) in [5, 5.41) is 3.08. The van der Waals surface area contributed by atoms with Crippen molar-refractivity contribution in [1.29, 1.82) is 0 Å². The van der Waals surface area contributed by atoms with E-state index in [-0.39, 0.29) is 12.3 Å². The molecule has 0 fully saturated rings. The van der Waals surface area contributed by atoms with E-state index in [1.807, 2.05) is 22.7 Å². The zero-order chi connectivity index (χ0) is 21.3. The van der Waals surface area contributed by atoms with E-state index in [1.165, 1.54) is 16.7 Å². The number of carbonyl (C=O) groups is 1. The largest absolute Gasteiger partial charge is 0.352 e. The van der Waals surface area contributed by atoms with Crippen LogP contribution in [-0.2, 0) is 17.8 Å². The maximum Gasteiger partial charge on any atom is 0.226 e. The van der Waals surface area contributed by atoms with Crippen molar-refractivity contribution in [1.82, 2.24) is 14.7 Å². The Morgan fingerprint density at radius 1 is 0.900 bits per heavy atom. The summed E-state index contributed by atoms with van der Waals surface area (Å²) < 4.78 is 2.04. The van der Waals surface area contributed by atoms with Gasteiger partial charge in [0.25, 0.3) is 0 Å². The summed E-state index contributed by atoms with van der Waals surface area (Å²) in [6, 6.07) is 18.7. The minimum Gasteiger partial charge on any atom is -0.352 e. The molecule has 0 spiro atoms. The Hall–Kier alpha value is -3.40. The molecule has 4 heteroatoms. The van der Waals surface area contributed by atoms with Gasteiger partial charge in [-0.1, -0.05) is 59.7 Å². The van der Waals surface area contributed by atoms with Crippen molar-refractivity contribution < 1.29 is 4.79 Å². The number of imidazole rings is 1. The fraction of sp³-hybridized carbons (Fsp3) is 0.231. The maximum absolute atomic E-state index is 12.9. The predicted octanol–water partition coefficient (Wildman–Crippen LogP) is 5.09. The van der Waals surface area contributed by atoms with Crippen LogP contribution in [0.25, 0.3) is 16.9 Å². The van der Waals surface area contributed by atoms with Crippen molar-refractivity contribution >= 4 is 11.6 Å². The van der Waals surface area contributed by atoms with Crippen LogP contribution in [-0.4, -0.2) is 15.3 Å². The van der Waals surface area contributed by atoms with Gasteiger partial charge in [-0.15, -0.1) is 0 Å². The van der Waals surface area contributed by atoms with E-state index in [1.54, 1.807) is 0 Å². The standard InChI is InChI=1S/C26H27N3O/c1-17-5-9-21(10-6-17)26-23(29-16-19(3)8-12-24(29)28-26)14-25(30)27-15-22-11-7-18(2)13-20(22)4/h5-13,16H,14-15H2,1-4H3,(H,27,30). The van der Waals surface area contributed by atoms with Crippen LogP contribution in [0.1, 0.15) is 33.5 Å². The van der Waals surface area contributed by atoms with Gasteiger partial charge in [0.2, 0.25) is 5.91 Å². The number of aryl methyl sites for hydroxylation is 4. The number of rotatable bonds is 5. The minimum atomic E-state index is -0.00774. The smallest absolute Gasteiger partial charge is 0.226 e. The Kier molecular flexibility index (Phi) is 5.40. The third-order valence-electron chi connectivity index (χ3n) is 5.49. The number of carbonyl (C=O) groups excluding carboxylic acids is 1. The number of benzene rings is 2. The van der Waals surface area contributed by atoms with Crippen LogP contribution in [0.15, 0.2) is 60.8 Å². The monoisotopic (exact) mass is 397 g/mol. The van der Waals surface area contributed by atoms with Crippen molar-refractivity contribution in [2.45, 2.75) is 40.7 Å². The molecule has 0 aliphatic rings. The first-order valence-corrected chi connectivity index (χ1v) is 10.3. The van der Waals surface area contributed by atoms with Gasteiger partial charge in [0.1, 0.15) is 5.65 Å². The van der Waals surface area contributed by atoms with Crippen molar-refractivity contribution in [3.63, 3.8) is 0 Å². The number of pyridine rings is 1. The predicted molar refractivity (Wildman–Crippen MR) is 122 cm³/mol. The van der Waals surface area contributed by atoms with Gasteiger partial charge in [-0.25, -0.2) is 4.98 Å². The molecule has 2 heterocycles. The van der Waals surface area contributed by atoms with Crippen LogP contribution in [0, 0.1) is 27.7 Å². The van der Waals surface area contributed by atoms with Crippen molar-refractivity contribution in [2.75, 3.05) is 0 Å². The molecule has 4 nitrogen and oxygen atoms in total. The molecule has 1 amide bonds. The number of aromatic nitrogens is 2. The number of amides is 1. The number of hydrogen-bond donors (Lipinski definition) is 1. The van der Waals surface area contributed by atoms with Crippen molar-refractivity contribution in [2.24, 2.45) is 0 Å². The lowest BCUT2D eigenvalue weighted by molar-refractivity contribution is -0.120. The van der Waals surface area contributed by atoms with Gasteiger partial charge >= 0.3 is 0 Å². The molecule has 0 aliphatic carbocycles. The SMILES string of the molecule is Cc1ccc(-c2nc3ccc(C)cn3c2CC(=O)NCc2ccc(C)cc2C)cc1. The van der Waals surface area contributed by atoms with Gasteiger partial charge in [0.15, 0.2) is 0 Å². The number of hydrogen-bond acceptors (Lipinski definition) is 2. The van der Waals surface area contributed by atoms with Gasteiger partial charge in [-0.05, 0) is 50.5 Å². The number of nitrogens with zero attached hydrogens (tertiary/aromatic N) is 2. The molecule has 0 unspecified atom stereocenters. The second-order valence-corrected chi connectivity index (χ2v) is 8.09. The van der Waals surface area contributed by atoms with E-state index in [9.17, 15) is 4.79 Å². The molecule has 2 aromatic carbocycles. The first-order chi connectivity index (χ1) is 14.4. The zero-order valence-electron chi connectivity index (χ0n) is 18.0. The molecule has 0 aliphatic heterocycles. The van der Waals surface area contributed by atoms with Crippen molar-refractivity contribution in [3.05, 3.63) is 94.3 Å². The summed E-state index contributed by atoms with van der Waals surface area (Å²) >= 11 is 0. The molecule has 152 valence electrons. The van der Waals surface area contributed by atoms with Gasteiger partial charge in [0.05, 0.1) is 17.8 Å². The average molecular weight is 398 g/mol. The molecule has 0 radical (unpaired) electrons. The van der Waals surface area contributed by atoms with E-state index in [0.717, 1.165) is 33.7 Å². The lowest BCUT2D eigenvalue weighted by Crippen LogP contribution is -2.25. The van der Waals surface area contributed by atoms with Crippen LogP contribution in [0.3, 0.4) is 0 Å². The summed E-state index contributed by atoms with van der Waals surface area (Å²) in [5.74, 6) is -0.00774. The summed E-state index contributed by atoms with van der Waals surface area (Å²) in [5.41, 5.74) is 9.55. The molecule has 2 aromatic heterocycles. The van der Waals surface area contributed by atoms with Gasteiger partial charge in [-0.3, -0.25) is 4.79 Å². The van der Waals surface area contributed by atoms with E-state index >= 15 is 0 Å². The Morgan fingerprint density at radius 2 is 1.60 bits per heavy atom. The molecule has 1 N–H and O–H groups in total. The zero-order valence-corrected chi connectivity index (χ0v) is 18.0. The third-order valence-corrected chi connectivity index (χ3v) is 5.49. The molecule has 0 saturated heterocycles.